The molecule has 0 radical (unpaired) electrons. The van der Waals surface area contributed by atoms with E-state index < -0.39 is 0 Å². The monoisotopic (exact) mass is 279 g/mol. The average Bonchev–Trinajstić information content (AvgIpc) is 2.44. The summed E-state index contributed by atoms with van der Waals surface area (Å²) in [5, 5.41) is 5.74. The number of carbonyl (C=O) groups excluding carboxylic acids is 1. The third-order valence-corrected chi connectivity index (χ3v) is 3.07. The van der Waals surface area contributed by atoms with Gasteiger partial charge in [-0.15, -0.1) is 0 Å². The van der Waals surface area contributed by atoms with Crippen molar-refractivity contribution in [3.8, 4) is 0 Å². The molecule has 0 aliphatic rings. The summed E-state index contributed by atoms with van der Waals surface area (Å²) in [6.07, 6.45) is 0. The number of carbonyl (C=O) groups is 1. The van der Waals surface area contributed by atoms with Crippen molar-refractivity contribution in [1.29, 1.82) is 0 Å². The molecular weight excluding hydrogens is 254 g/mol. The second-order valence-corrected chi connectivity index (χ2v) is 5.01. The van der Waals surface area contributed by atoms with Gasteiger partial charge in [-0.2, -0.15) is 0 Å². The second kappa shape index (κ2) is 8.55. The minimum absolute atomic E-state index is 0.00161. The first-order chi connectivity index (χ1) is 9.56. The quantitative estimate of drug-likeness (QED) is 0.717. The van der Waals surface area contributed by atoms with Gasteiger partial charge in [-0.1, -0.05) is 26.0 Å². The summed E-state index contributed by atoms with van der Waals surface area (Å²) in [6, 6.07) is 7.26. The lowest BCUT2D eigenvalue weighted by Crippen LogP contribution is -2.44. The maximum atomic E-state index is 11.9. The SMILES string of the molecule is CCOCC(NC(=O)Nc1ccc(CN)cc1)C(C)C. The van der Waals surface area contributed by atoms with Crippen molar-refractivity contribution in [1.82, 2.24) is 5.32 Å². The highest BCUT2D eigenvalue weighted by Gasteiger charge is 2.16. The predicted octanol–water partition coefficient (Wildman–Crippen LogP) is 2.33. The molecule has 5 nitrogen and oxygen atoms in total. The minimum atomic E-state index is -0.219. The van der Waals surface area contributed by atoms with Crippen molar-refractivity contribution in [2.75, 3.05) is 18.5 Å². The predicted molar refractivity (Wildman–Crippen MR) is 81.6 cm³/mol. The van der Waals surface area contributed by atoms with Gasteiger partial charge in [-0.25, -0.2) is 4.79 Å². The average molecular weight is 279 g/mol. The Labute approximate surface area is 120 Å². The molecule has 0 aromatic heterocycles. The molecule has 4 N–H and O–H groups in total. The van der Waals surface area contributed by atoms with Crippen molar-refractivity contribution < 1.29 is 9.53 Å². The molecule has 1 aromatic carbocycles. The molecule has 0 bridgehead atoms. The molecule has 0 aliphatic heterocycles. The molecule has 1 aromatic rings. The number of hydrogen-bond donors (Lipinski definition) is 3. The van der Waals surface area contributed by atoms with Crippen LogP contribution < -0.4 is 16.4 Å². The summed E-state index contributed by atoms with van der Waals surface area (Å²) in [7, 11) is 0. The standard InChI is InChI=1S/C15H25N3O2/c1-4-20-10-14(11(2)3)18-15(19)17-13-7-5-12(9-16)6-8-13/h5-8,11,14H,4,9-10,16H2,1-3H3,(H2,17,18,19). The lowest BCUT2D eigenvalue weighted by atomic mass is 10.1. The molecule has 0 saturated heterocycles. The van der Waals surface area contributed by atoms with Gasteiger partial charge in [-0.05, 0) is 30.5 Å². The van der Waals surface area contributed by atoms with Crippen molar-refractivity contribution in [3.63, 3.8) is 0 Å². The number of hydrogen-bond acceptors (Lipinski definition) is 3. The van der Waals surface area contributed by atoms with Gasteiger partial charge in [0.05, 0.1) is 12.6 Å². The Balaban J connectivity index is 2.51. The maximum absolute atomic E-state index is 11.9. The van der Waals surface area contributed by atoms with E-state index in [2.05, 4.69) is 24.5 Å². The Morgan fingerprint density at radius 2 is 1.95 bits per heavy atom. The third kappa shape index (κ3) is 5.59. The van der Waals surface area contributed by atoms with E-state index in [0.29, 0.717) is 25.7 Å². The van der Waals surface area contributed by atoms with Crippen LogP contribution in [0, 0.1) is 5.92 Å². The van der Waals surface area contributed by atoms with E-state index in [-0.39, 0.29) is 12.1 Å². The maximum Gasteiger partial charge on any atom is 0.319 e. The van der Waals surface area contributed by atoms with Crippen LogP contribution in [0.15, 0.2) is 24.3 Å². The summed E-state index contributed by atoms with van der Waals surface area (Å²) >= 11 is 0. The fraction of sp³-hybridized carbons (Fsp3) is 0.533. The van der Waals surface area contributed by atoms with E-state index in [9.17, 15) is 4.79 Å². The van der Waals surface area contributed by atoms with Gasteiger partial charge in [0.25, 0.3) is 0 Å². The van der Waals surface area contributed by atoms with Gasteiger partial charge in [0.15, 0.2) is 0 Å². The summed E-state index contributed by atoms with van der Waals surface area (Å²) in [6.45, 7) is 7.72. The van der Waals surface area contributed by atoms with Gasteiger partial charge < -0.3 is 21.1 Å². The summed E-state index contributed by atoms with van der Waals surface area (Å²) in [5.74, 6) is 0.312. The minimum Gasteiger partial charge on any atom is -0.380 e. The van der Waals surface area contributed by atoms with E-state index in [1.165, 1.54) is 0 Å². The number of benzene rings is 1. The Kier molecular flexibility index (Phi) is 7.04. The molecule has 20 heavy (non-hydrogen) atoms. The first-order valence-corrected chi connectivity index (χ1v) is 7.01. The third-order valence-electron chi connectivity index (χ3n) is 3.07. The lowest BCUT2D eigenvalue weighted by Gasteiger charge is -2.22. The molecule has 1 rings (SSSR count). The summed E-state index contributed by atoms with van der Waals surface area (Å²) in [4.78, 5) is 11.9. The molecule has 0 saturated carbocycles. The first-order valence-electron chi connectivity index (χ1n) is 7.01. The second-order valence-electron chi connectivity index (χ2n) is 5.01. The zero-order valence-corrected chi connectivity index (χ0v) is 12.5. The zero-order valence-electron chi connectivity index (χ0n) is 12.5. The Hall–Kier alpha value is -1.59. The highest BCUT2D eigenvalue weighted by atomic mass is 16.5. The van der Waals surface area contributed by atoms with Crippen LogP contribution in [0.4, 0.5) is 10.5 Å². The molecule has 5 heteroatoms. The van der Waals surface area contributed by atoms with Crippen LogP contribution in [0.2, 0.25) is 0 Å². The Morgan fingerprint density at radius 3 is 2.45 bits per heavy atom. The summed E-state index contributed by atoms with van der Waals surface area (Å²) in [5.41, 5.74) is 7.32. The van der Waals surface area contributed by atoms with Gasteiger partial charge in [0.1, 0.15) is 0 Å². The number of amides is 2. The van der Waals surface area contributed by atoms with Crippen LogP contribution in [-0.4, -0.2) is 25.3 Å². The van der Waals surface area contributed by atoms with Crippen molar-refractivity contribution >= 4 is 11.7 Å². The molecule has 1 unspecified atom stereocenters. The van der Waals surface area contributed by atoms with Crippen LogP contribution in [0.1, 0.15) is 26.3 Å². The van der Waals surface area contributed by atoms with Crippen LogP contribution >= 0.6 is 0 Å². The molecule has 2 amide bonds. The van der Waals surface area contributed by atoms with Crippen LogP contribution in [0.5, 0.6) is 0 Å². The van der Waals surface area contributed by atoms with E-state index in [0.717, 1.165) is 11.3 Å². The van der Waals surface area contributed by atoms with Gasteiger partial charge in [0.2, 0.25) is 0 Å². The first kappa shape index (κ1) is 16.5. The van der Waals surface area contributed by atoms with E-state index >= 15 is 0 Å². The molecule has 0 spiro atoms. The van der Waals surface area contributed by atoms with Gasteiger partial charge in [-0.3, -0.25) is 0 Å². The van der Waals surface area contributed by atoms with Gasteiger partial charge in [0, 0.05) is 18.8 Å². The number of nitrogens with one attached hydrogen (secondary N) is 2. The zero-order chi connectivity index (χ0) is 15.0. The number of ether oxygens (including phenoxy) is 1. The Bertz CT molecular complexity index is 404. The largest absolute Gasteiger partial charge is 0.380 e. The van der Waals surface area contributed by atoms with E-state index in [4.69, 9.17) is 10.5 Å². The highest BCUT2D eigenvalue weighted by molar-refractivity contribution is 5.89. The van der Waals surface area contributed by atoms with Gasteiger partial charge >= 0.3 is 6.03 Å². The van der Waals surface area contributed by atoms with Crippen molar-refractivity contribution in [2.45, 2.75) is 33.4 Å². The topological polar surface area (TPSA) is 76.4 Å². The smallest absolute Gasteiger partial charge is 0.319 e. The molecule has 0 fully saturated rings. The highest BCUT2D eigenvalue weighted by Crippen LogP contribution is 2.09. The lowest BCUT2D eigenvalue weighted by molar-refractivity contribution is 0.111. The molecule has 0 heterocycles. The number of nitrogens with two attached hydrogens (primary N) is 1. The van der Waals surface area contributed by atoms with Crippen LogP contribution in [-0.2, 0) is 11.3 Å². The fourth-order valence-electron chi connectivity index (χ4n) is 1.71. The van der Waals surface area contributed by atoms with Crippen LogP contribution in [0.3, 0.4) is 0 Å². The summed E-state index contributed by atoms with van der Waals surface area (Å²) < 4.78 is 5.38. The normalized spacial score (nSPS) is 12.2. The molecule has 0 aliphatic carbocycles. The number of rotatable bonds is 7. The Morgan fingerprint density at radius 1 is 1.30 bits per heavy atom. The van der Waals surface area contributed by atoms with E-state index in [1.807, 2.05) is 31.2 Å². The van der Waals surface area contributed by atoms with E-state index in [1.54, 1.807) is 0 Å². The van der Waals surface area contributed by atoms with Crippen molar-refractivity contribution in [2.24, 2.45) is 11.7 Å². The fourth-order valence-corrected chi connectivity index (χ4v) is 1.71. The van der Waals surface area contributed by atoms with Crippen molar-refractivity contribution in [3.05, 3.63) is 29.8 Å². The number of anilines is 1. The molecule has 1 atom stereocenters. The molecular formula is C15H25N3O2. The molecule has 112 valence electrons. The van der Waals surface area contributed by atoms with Crippen LogP contribution in [0.25, 0.3) is 0 Å². The number of urea groups is 1.